The fourth-order valence-corrected chi connectivity index (χ4v) is 2.44. The van der Waals surface area contributed by atoms with Gasteiger partial charge in [0.25, 0.3) is 0 Å². The monoisotopic (exact) mass is 290 g/mol. The van der Waals surface area contributed by atoms with Gasteiger partial charge in [-0.2, -0.15) is 0 Å². The third-order valence-electron chi connectivity index (χ3n) is 3.76. The van der Waals surface area contributed by atoms with E-state index in [1.54, 1.807) is 0 Å². The zero-order valence-corrected chi connectivity index (χ0v) is 13.2. The third-order valence-corrected chi connectivity index (χ3v) is 3.76. The molecule has 5 nitrogen and oxygen atoms in total. The number of rotatable bonds is 6. The average Bonchev–Trinajstić information content (AvgIpc) is 2.48. The van der Waals surface area contributed by atoms with Gasteiger partial charge >= 0.3 is 0 Å². The number of aliphatic imine (C=N–C) groups is 1. The van der Waals surface area contributed by atoms with Gasteiger partial charge in [-0.25, -0.2) is 0 Å². The zero-order chi connectivity index (χ0) is 15.2. The molecule has 0 radical (unpaired) electrons. The average molecular weight is 290 g/mol. The molecule has 1 unspecified atom stereocenters. The molecule has 0 bridgehead atoms. The minimum absolute atomic E-state index is 0.0467. The van der Waals surface area contributed by atoms with Crippen LogP contribution in [0, 0.1) is 0 Å². The van der Waals surface area contributed by atoms with Gasteiger partial charge in [0.2, 0.25) is 0 Å². The molecule has 1 aliphatic rings. The van der Waals surface area contributed by atoms with Crippen LogP contribution in [0.25, 0.3) is 0 Å². The summed E-state index contributed by atoms with van der Waals surface area (Å²) < 4.78 is 5.86. The van der Waals surface area contributed by atoms with Crippen LogP contribution < -0.4 is 15.8 Å². The van der Waals surface area contributed by atoms with Crippen LogP contribution in [0.2, 0.25) is 0 Å². The lowest BCUT2D eigenvalue weighted by Crippen LogP contribution is -2.35. The molecule has 5 heteroatoms. The van der Waals surface area contributed by atoms with E-state index in [0.717, 1.165) is 55.6 Å². The van der Waals surface area contributed by atoms with Crippen molar-refractivity contribution in [2.45, 2.75) is 33.3 Å². The molecule has 1 atom stereocenters. The molecule has 0 saturated heterocycles. The maximum absolute atomic E-state index is 5.86. The summed E-state index contributed by atoms with van der Waals surface area (Å²) >= 11 is 0. The Labute approximate surface area is 127 Å². The van der Waals surface area contributed by atoms with Gasteiger partial charge in [-0.3, -0.25) is 4.99 Å². The Hall–Kier alpha value is -1.75. The van der Waals surface area contributed by atoms with E-state index in [1.807, 2.05) is 25.1 Å². The van der Waals surface area contributed by atoms with E-state index >= 15 is 0 Å². The van der Waals surface area contributed by atoms with E-state index in [-0.39, 0.29) is 6.10 Å². The number of nitrogens with zero attached hydrogens (tertiary/aromatic N) is 2. The van der Waals surface area contributed by atoms with E-state index in [0.29, 0.717) is 0 Å². The smallest absolute Gasteiger partial charge is 0.153 e. The van der Waals surface area contributed by atoms with Crippen LogP contribution in [0.3, 0.4) is 0 Å². The van der Waals surface area contributed by atoms with Crippen molar-refractivity contribution in [3.63, 3.8) is 0 Å². The summed E-state index contributed by atoms with van der Waals surface area (Å²) in [5, 5.41) is 3.34. The highest BCUT2D eigenvalue weighted by atomic mass is 16.5. The number of anilines is 2. The molecule has 21 heavy (non-hydrogen) atoms. The first-order valence-electron chi connectivity index (χ1n) is 7.74. The van der Waals surface area contributed by atoms with E-state index in [1.165, 1.54) is 0 Å². The molecule has 116 valence electrons. The van der Waals surface area contributed by atoms with Gasteiger partial charge in [0.05, 0.1) is 5.69 Å². The zero-order valence-electron chi connectivity index (χ0n) is 13.2. The molecule has 2 rings (SSSR count). The van der Waals surface area contributed by atoms with E-state index in [2.05, 4.69) is 29.1 Å². The van der Waals surface area contributed by atoms with Crippen LogP contribution in [-0.2, 0) is 0 Å². The Morgan fingerprint density at radius 3 is 2.81 bits per heavy atom. The SMILES string of the molecule is CCN(CC)CCCN=C1Nc2cc(N)ccc2OC1C. The Morgan fingerprint density at radius 2 is 2.10 bits per heavy atom. The molecule has 1 aromatic carbocycles. The van der Waals surface area contributed by atoms with Crippen LogP contribution in [0.1, 0.15) is 27.2 Å². The summed E-state index contributed by atoms with van der Waals surface area (Å²) in [6, 6.07) is 5.62. The third kappa shape index (κ3) is 4.11. The molecular formula is C16H26N4O. The molecule has 1 aliphatic heterocycles. The number of hydrogen-bond acceptors (Lipinski definition) is 4. The van der Waals surface area contributed by atoms with Crippen LogP contribution in [0.5, 0.6) is 5.75 Å². The minimum atomic E-state index is -0.0467. The van der Waals surface area contributed by atoms with Gasteiger partial charge in [0.1, 0.15) is 11.6 Å². The number of nitrogens with one attached hydrogen (secondary N) is 1. The first kappa shape index (κ1) is 15.6. The molecule has 1 heterocycles. The lowest BCUT2D eigenvalue weighted by molar-refractivity contribution is 0.281. The normalized spacial score (nSPS) is 19.2. The summed E-state index contributed by atoms with van der Waals surface area (Å²) in [5.41, 5.74) is 7.43. The second-order valence-electron chi connectivity index (χ2n) is 5.29. The van der Waals surface area contributed by atoms with Crippen LogP contribution >= 0.6 is 0 Å². The van der Waals surface area contributed by atoms with Crippen molar-refractivity contribution in [3.05, 3.63) is 18.2 Å². The van der Waals surface area contributed by atoms with Crippen molar-refractivity contribution < 1.29 is 4.74 Å². The molecule has 0 amide bonds. The molecule has 3 N–H and O–H groups in total. The quantitative estimate of drug-likeness (QED) is 0.624. The highest BCUT2D eigenvalue weighted by Crippen LogP contribution is 2.31. The van der Waals surface area contributed by atoms with Crippen molar-refractivity contribution in [3.8, 4) is 5.75 Å². The second-order valence-corrected chi connectivity index (χ2v) is 5.29. The number of nitrogens with two attached hydrogens (primary N) is 1. The van der Waals surface area contributed by atoms with E-state index in [4.69, 9.17) is 10.5 Å². The van der Waals surface area contributed by atoms with Gasteiger partial charge in [0, 0.05) is 12.2 Å². The van der Waals surface area contributed by atoms with Crippen molar-refractivity contribution in [1.29, 1.82) is 0 Å². The summed E-state index contributed by atoms with van der Waals surface area (Å²) in [4.78, 5) is 7.05. The predicted octanol–water partition coefficient (Wildman–Crippen LogP) is 2.59. The van der Waals surface area contributed by atoms with Gasteiger partial charge in [-0.1, -0.05) is 13.8 Å². The van der Waals surface area contributed by atoms with Crippen LogP contribution in [-0.4, -0.2) is 43.0 Å². The van der Waals surface area contributed by atoms with Gasteiger partial charge in [-0.05, 0) is 51.2 Å². The van der Waals surface area contributed by atoms with Crippen LogP contribution in [0.15, 0.2) is 23.2 Å². The largest absolute Gasteiger partial charge is 0.481 e. The maximum Gasteiger partial charge on any atom is 0.153 e. The summed E-state index contributed by atoms with van der Waals surface area (Å²) in [6.07, 6.45) is 1.01. The van der Waals surface area contributed by atoms with E-state index in [9.17, 15) is 0 Å². The second kappa shape index (κ2) is 7.31. The fraction of sp³-hybridized carbons (Fsp3) is 0.562. The number of hydrogen-bond donors (Lipinski definition) is 2. The molecule has 0 spiro atoms. The number of nitrogen functional groups attached to an aromatic ring is 1. The maximum atomic E-state index is 5.86. The molecule has 0 saturated carbocycles. The predicted molar refractivity (Wildman–Crippen MR) is 89.3 cm³/mol. The van der Waals surface area contributed by atoms with Crippen molar-refractivity contribution in [2.75, 3.05) is 37.2 Å². The minimum Gasteiger partial charge on any atom is -0.481 e. The Morgan fingerprint density at radius 1 is 1.33 bits per heavy atom. The first-order chi connectivity index (χ1) is 10.1. The Bertz CT molecular complexity index is 497. The summed E-state index contributed by atoms with van der Waals surface area (Å²) in [5.74, 6) is 1.71. The number of amidine groups is 1. The fourth-order valence-electron chi connectivity index (χ4n) is 2.44. The Kier molecular flexibility index (Phi) is 5.44. The summed E-state index contributed by atoms with van der Waals surface area (Å²) in [6.45, 7) is 10.5. The topological polar surface area (TPSA) is 62.9 Å². The number of benzene rings is 1. The highest BCUT2D eigenvalue weighted by Gasteiger charge is 2.21. The Balaban J connectivity index is 1.93. The standard InChI is InChI=1S/C16H26N4O/c1-4-20(5-2)10-6-9-18-16-12(3)21-15-8-7-13(17)11-14(15)19-16/h7-8,11-12H,4-6,9-10,17H2,1-3H3,(H,18,19). The van der Waals surface area contributed by atoms with Crippen molar-refractivity contribution in [1.82, 2.24) is 4.90 Å². The molecule has 0 aromatic heterocycles. The van der Waals surface area contributed by atoms with Gasteiger partial charge in [-0.15, -0.1) is 0 Å². The van der Waals surface area contributed by atoms with Crippen LogP contribution in [0.4, 0.5) is 11.4 Å². The molecule has 0 fully saturated rings. The number of fused-ring (bicyclic) bond motifs is 1. The molecule has 0 aliphatic carbocycles. The lowest BCUT2D eigenvalue weighted by atomic mass is 10.2. The van der Waals surface area contributed by atoms with E-state index < -0.39 is 0 Å². The van der Waals surface area contributed by atoms with Crippen molar-refractivity contribution in [2.24, 2.45) is 4.99 Å². The highest BCUT2D eigenvalue weighted by molar-refractivity contribution is 6.02. The first-order valence-corrected chi connectivity index (χ1v) is 7.74. The summed E-state index contributed by atoms with van der Waals surface area (Å²) in [7, 11) is 0. The van der Waals surface area contributed by atoms with Gasteiger partial charge in [0.15, 0.2) is 6.10 Å². The molecular weight excluding hydrogens is 264 g/mol. The number of ether oxygens (including phenoxy) is 1. The van der Waals surface area contributed by atoms with Gasteiger partial charge < -0.3 is 20.7 Å². The van der Waals surface area contributed by atoms with Crippen molar-refractivity contribution >= 4 is 17.2 Å². The lowest BCUT2D eigenvalue weighted by Gasteiger charge is -2.26. The molecule has 1 aromatic rings.